The van der Waals surface area contributed by atoms with Crippen molar-refractivity contribution in [1.29, 1.82) is 0 Å². The highest BCUT2D eigenvalue weighted by atomic mass is 79.9. The van der Waals surface area contributed by atoms with Gasteiger partial charge in [-0.15, -0.1) is 0 Å². The fraction of sp³-hybridized carbons (Fsp3) is 0.714. The van der Waals surface area contributed by atoms with Crippen LogP contribution in [0.3, 0.4) is 0 Å². The van der Waals surface area contributed by atoms with Crippen molar-refractivity contribution in [3.8, 4) is 0 Å². The number of hydrogen-bond donors (Lipinski definition) is 1. The fourth-order valence-corrected chi connectivity index (χ4v) is 0.960. The normalized spacial score (nSPS) is 12.5. The van der Waals surface area contributed by atoms with E-state index in [1.165, 1.54) is 6.92 Å². The number of Topliss-reactive ketones (excluding diaryl/α,β-unsaturated/α-hetero) is 1. The molecule has 0 spiro atoms. The summed E-state index contributed by atoms with van der Waals surface area (Å²) in [7, 11) is 0. The molecule has 0 aliphatic rings. The minimum Gasteiger partial charge on any atom is -0.481 e. The summed E-state index contributed by atoms with van der Waals surface area (Å²) in [5, 5.41) is 8.26. The number of carbonyl (C=O) groups excluding carboxylic acids is 1. The largest absolute Gasteiger partial charge is 0.481 e. The van der Waals surface area contributed by atoms with Crippen LogP contribution in [0.25, 0.3) is 0 Å². The molecule has 0 radical (unpaired) electrons. The van der Waals surface area contributed by atoms with Gasteiger partial charge in [-0.2, -0.15) is 0 Å². The second kappa shape index (κ2) is 5.29. The fourth-order valence-electron chi connectivity index (χ4n) is 0.636. The molecule has 4 heteroatoms. The van der Waals surface area contributed by atoms with Gasteiger partial charge in [-0.1, -0.05) is 15.9 Å². The summed E-state index contributed by atoms with van der Waals surface area (Å²) in [5.41, 5.74) is 0. The second-order valence-corrected chi connectivity index (χ2v) is 3.47. The SMILES string of the molecule is CC(=O)C(Br)CCCC(=O)O. The lowest BCUT2D eigenvalue weighted by atomic mass is 10.1. The van der Waals surface area contributed by atoms with Gasteiger partial charge in [0.1, 0.15) is 5.78 Å². The molecule has 0 saturated heterocycles. The Morgan fingerprint density at radius 2 is 2.09 bits per heavy atom. The van der Waals surface area contributed by atoms with Gasteiger partial charge in [-0.05, 0) is 19.8 Å². The Balaban J connectivity index is 3.39. The van der Waals surface area contributed by atoms with Gasteiger partial charge in [0.05, 0.1) is 4.83 Å². The lowest BCUT2D eigenvalue weighted by Gasteiger charge is -2.02. The number of carboxylic acids is 1. The molecule has 1 unspecified atom stereocenters. The van der Waals surface area contributed by atoms with E-state index in [0.29, 0.717) is 12.8 Å². The molecule has 11 heavy (non-hydrogen) atoms. The number of carbonyl (C=O) groups is 2. The van der Waals surface area contributed by atoms with E-state index in [0.717, 1.165) is 0 Å². The van der Waals surface area contributed by atoms with Gasteiger partial charge >= 0.3 is 5.97 Å². The van der Waals surface area contributed by atoms with Crippen molar-refractivity contribution in [1.82, 2.24) is 0 Å². The molecule has 0 aromatic rings. The van der Waals surface area contributed by atoms with Crippen molar-refractivity contribution >= 4 is 27.7 Å². The highest BCUT2D eigenvalue weighted by molar-refractivity contribution is 9.10. The van der Waals surface area contributed by atoms with Gasteiger partial charge < -0.3 is 5.11 Å². The Bertz CT molecular complexity index is 156. The van der Waals surface area contributed by atoms with Crippen molar-refractivity contribution < 1.29 is 14.7 Å². The molecule has 0 aromatic heterocycles. The Hall–Kier alpha value is -0.380. The second-order valence-electron chi connectivity index (χ2n) is 2.36. The summed E-state index contributed by atoms with van der Waals surface area (Å²) < 4.78 is 0. The summed E-state index contributed by atoms with van der Waals surface area (Å²) in [5.74, 6) is -0.761. The highest BCUT2D eigenvalue weighted by Gasteiger charge is 2.09. The molecular formula is C7H11BrO3. The van der Waals surface area contributed by atoms with Crippen LogP contribution in [-0.4, -0.2) is 21.7 Å². The van der Waals surface area contributed by atoms with Crippen LogP contribution in [0.15, 0.2) is 0 Å². The third-order valence-electron chi connectivity index (χ3n) is 1.29. The summed E-state index contributed by atoms with van der Waals surface area (Å²) in [6, 6.07) is 0. The van der Waals surface area contributed by atoms with Crippen LogP contribution in [0.4, 0.5) is 0 Å². The number of aliphatic carboxylic acids is 1. The number of alkyl halides is 1. The molecule has 0 saturated carbocycles. The van der Waals surface area contributed by atoms with E-state index >= 15 is 0 Å². The van der Waals surface area contributed by atoms with Crippen LogP contribution in [0, 0.1) is 0 Å². The molecule has 0 heterocycles. The number of rotatable bonds is 5. The average Bonchev–Trinajstić information content (AvgIpc) is 1.86. The van der Waals surface area contributed by atoms with Gasteiger partial charge in [-0.3, -0.25) is 9.59 Å². The summed E-state index contributed by atoms with van der Waals surface area (Å²) in [4.78, 5) is 20.5. The molecule has 3 nitrogen and oxygen atoms in total. The van der Waals surface area contributed by atoms with Crippen LogP contribution in [0.2, 0.25) is 0 Å². The Morgan fingerprint density at radius 1 is 1.55 bits per heavy atom. The maximum Gasteiger partial charge on any atom is 0.303 e. The third-order valence-corrected chi connectivity index (χ3v) is 2.39. The molecule has 64 valence electrons. The number of halogens is 1. The predicted molar refractivity (Wildman–Crippen MR) is 44.9 cm³/mol. The maximum atomic E-state index is 10.6. The smallest absolute Gasteiger partial charge is 0.303 e. The summed E-state index contributed by atoms with van der Waals surface area (Å²) in [6.45, 7) is 1.49. The van der Waals surface area contributed by atoms with Crippen LogP contribution in [0.5, 0.6) is 0 Å². The van der Waals surface area contributed by atoms with Gasteiger partial charge in [0, 0.05) is 6.42 Å². The molecule has 0 aliphatic carbocycles. The number of hydrogen-bond acceptors (Lipinski definition) is 2. The van der Waals surface area contributed by atoms with Crippen LogP contribution >= 0.6 is 15.9 Å². The van der Waals surface area contributed by atoms with Crippen molar-refractivity contribution in [2.75, 3.05) is 0 Å². The molecule has 1 atom stereocenters. The minimum absolute atomic E-state index is 0.0513. The van der Waals surface area contributed by atoms with Gasteiger partial charge in [0.2, 0.25) is 0 Å². The lowest BCUT2D eigenvalue weighted by molar-refractivity contribution is -0.137. The maximum absolute atomic E-state index is 10.6. The van der Waals surface area contributed by atoms with Crippen LogP contribution in [-0.2, 0) is 9.59 Å². The zero-order chi connectivity index (χ0) is 8.85. The zero-order valence-electron chi connectivity index (χ0n) is 6.34. The number of carboxylic acid groups (broad SMARTS) is 1. The van der Waals surface area contributed by atoms with Gasteiger partial charge in [0.15, 0.2) is 0 Å². The quantitative estimate of drug-likeness (QED) is 0.720. The molecule has 0 aliphatic heterocycles. The Kier molecular flexibility index (Phi) is 5.11. The Labute approximate surface area is 73.9 Å². The van der Waals surface area contributed by atoms with Crippen molar-refractivity contribution in [3.05, 3.63) is 0 Å². The van der Waals surface area contributed by atoms with E-state index in [2.05, 4.69) is 15.9 Å². The first-order valence-electron chi connectivity index (χ1n) is 3.40. The molecule has 0 bridgehead atoms. The molecule has 1 N–H and O–H groups in total. The number of ketones is 1. The summed E-state index contributed by atoms with van der Waals surface area (Å²) >= 11 is 3.15. The van der Waals surface area contributed by atoms with E-state index in [1.54, 1.807) is 0 Å². The first-order valence-corrected chi connectivity index (χ1v) is 4.32. The first kappa shape index (κ1) is 10.6. The summed E-state index contributed by atoms with van der Waals surface area (Å²) in [6.07, 6.45) is 1.28. The minimum atomic E-state index is -0.812. The zero-order valence-corrected chi connectivity index (χ0v) is 7.93. The Morgan fingerprint density at radius 3 is 2.45 bits per heavy atom. The predicted octanol–water partition coefficient (Wildman–Crippen LogP) is 1.59. The lowest BCUT2D eigenvalue weighted by Crippen LogP contribution is -2.09. The van der Waals surface area contributed by atoms with E-state index in [9.17, 15) is 9.59 Å². The van der Waals surface area contributed by atoms with E-state index in [1.807, 2.05) is 0 Å². The van der Waals surface area contributed by atoms with Crippen molar-refractivity contribution in [2.45, 2.75) is 31.0 Å². The molecule has 0 amide bonds. The third kappa shape index (κ3) is 6.04. The first-order chi connectivity index (χ1) is 5.04. The van der Waals surface area contributed by atoms with Gasteiger partial charge in [0.25, 0.3) is 0 Å². The topological polar surface area (TPSA) is 54.4 Å². The van der Waals surface area contributed by atoms with Crippen molar-refractivity contribution in [3.63, 3.8) is 0 Å². The van der Waals surface area contributed by atoms with E-state index in [-0.39, 0.29) is 17.0 Å². The standard InChI is InChI=1S/C7H11BrO3/c1-5(9)6(8)3-2-4-7(10)11/h6H,2-4H2,1H3,(H,10,11). The van der Waals surface area contributed by atoms with E-state index < -0.39 is 5.97 Å². The molecule has 0 rings (SSSR count). The van der Waals surface area contributed by atoms with Crippen molar-refractivity contribution in [2.24, 2.45) is 0 Å². The van der Waals surface area contributed by atoms with Crippen LogP contribution < -0.4 is 0 Å². The average molecular weight is 223 g/mol. The molecular weight excluding hydrogens is 212 g/mol. The molecule has 0 aromatic carbocycles. The highest BCUT2D eigenvalue weighted by Crippen LogP contribution is 2.10. The van der Waals surface area contributed by atoms with Gasteiger partial charge in [-0.25, -0.2) is 0 Å². The monoisotopic (exact) mass is 222 g/mol. The van der Waals surface area contributed by atoms with Crippen LogP contribution in [0.1, 0.15) is 26.2 Å². The van der Waals surface area contributed by atoms with E-state index in [4.69, 9.17) is 5.11 Å². The molecule has 0 fully saturated rings.